The van der Waals surface area contributed by atoms with Gasteiger partial charge in [0.2, 0.25) is 0 Å². The summed E-state index contributed by atoms with van der Waals surface area (Å²) in [4.78, 5) is 1.65. The van der Waals surface area contributed by atoms with Crippen LogP contribution in [0.2, 0.25) is 0 Å². The van der Waals surface area contributed by atoms with E-state index in [1.807, 2.05) is 0 Å². The maximum Gasteiger partial charge on any atom is 0.152 e. The van der Waals surface area contributed by atoms with Gasteiger partial charge in [0.25, 0.3) is 0 Å². The zero-order valence-electron chi connectivity index (χ0n) is 12.0. The Labute approximate surface area is 118 Å². The van der Waals surface area contributed by atoms with Crippen molar-refractivity contribution < 1.29 is 18.3 Å². The van der Waals surface area contributed by atoms with Crippen molar-refractivity contribution in [3.63, 3.8) is 0 Å². The van der Waals surface area contributed by atoms with Crippen LogP contribution in [0.1, 0.15) is 6.92 Å². The number of methoxy groups -OCH3 is 1. The van der Waals surface area contributed by atoms with Crippen LogP contribution in [0.5, 0.6) is 0 Å². The summed E-state index contributed by atoms with van der Waals surface area (Å²) >= 11 is 0. The van der Waals surface area contributed by atoms with E-state index in [0.717, 1.165) is 0 Å². The Bertz CT molecular complexity index is 389. The van der Waals surface area contributed by atoms with Gasteiger partial charge in [-0.2, -0.15) is 0 Å². The molecule has 0 saturated carbocycles. The molecule has 0 amide bonds. The second-order valence-electron chi connectivity index (χ2n) is 4.43. The number of ether oxygens (including phenoxy) is 2. The summed E-state index contributed by atoms with van der Waals surface area (Å²) in [7, 11) is 1.55. The van der Waals surface area contributed by atoms with Crippen LogP contribution >= 0.6 is 0 Å². The van der Waals surface area contributed by atoms with Crippen molar-refractivity contribution in [3.8, 4) is 0 Å². The normalized spacial score (nSPS) is 17.8. The Kier molecular flexibility index (Phi) is 7.25. The van der Waals surface area contributed by atoms with Crippen LogP contribution in [-0.2, 0) is 9.47 Å². The zero-order valence-corrected chi connectivity index (χ0v) is 12.0. The fraction of sp³-hybridized carbons (Fsp3) is 0.571. The second-order valence-corrected chi connectivity index (χ2v) is 4.43. The van der Waals surface area contributed by atoms with Gasteiger partial charge in [0, 0.05) is 39.4 Å². The highest BCUT2D eigenvalue weighted by Crippen LogP contribution is 2.23. The predicted octanol–water partition coefficient (Wildman–Crippen LogP) is 2.12. The van der Waals surface area contributed by atoms with Crippen LogP contribution in [-0.4, -0.2) is 51.4 Å². The molecule has 6 heteroatoms. The van der Waals surface area contributed by atoms with E-state index in [0.29, 0.717) is 45.2 Å². The molecule has 0 radical (unpaired) electrons. The first-order valence-corrected chi connectivity index (χ1v) is 6.56. The second kappa shape index (κ2) is 8.71. The van der Waals surface area contributed by atoms with E-state index in [9.17, 15) is 8.78 Å². The fourth-order valence-corrected chi connectivity index (χ4v) is 1.92. The lowest BCUT2D eigenvalue weighted by Gasteiger charge is -2.30. The third-order valence-electron chi connectivity index (χ3n) is 2.86. The van der Waals surface area contributed by atoms with Gasteiger partial charge in [-0.25, -0.2) is 8.78 Å². The van der Waals surface area contributed by atoms with E-state index in [1.54, 1.807) is 18.9 Å². The van der Waals surface area contributed by atoms with Gasteiger partial charge >= 0.3 is 0 Å². The Balaban J connectivity index is 2.79. The minimum absolute atomic E-state index is 0.0961. The molecule has 1 saturated heterocycles. The van der Waals surface area contributed by atoms with E-state index in [1.165, 1.54) is 6.08 Å². The van der Waals surface area contributed by atoms with Crippen molar-refractivity contribution in [2.75, 3.05) is 46.5 Å². The van der Waals surface area contributed by atoms with Crippen molar-refractivity contribution in [3.05, 3.63) is 35.8 Å². The molecule has 1 fully saturated rings. The van der Waals surface area contributed by atoms with Crippen molar-refractivity contribution in [2.24, 2.45) is 0 Å². The van der Waals surface area contributed by atoms with Crippen LogP contribution in [0.25, 0.3) is 0 Å². The highest BCUT2D eigenvalue weighted by atomic mass is 19.1. The van der Waals surface area contributed by atoms with E-state index >= 15 is 0 Å². The van der Waals surface area contributed by atoms with Gasteiger partial charge in [-0.05, 0) is 6.92 Å². The summed E-state index contributed by atoms with van der Waals surface area (Å²) in [6.07, 6.45) is 1.18. The quantitative estimate of drug-likeness (QED) is 0.442. The predicted molar refractivity (Wildman–Crippen MR) is 74.4 cm³/mol. The number of nitrogens with one attached hydrogen (secondary N) is 1. The number of rotatable bonds is 7. The smallest absolute Gasteiger partial charge is 0.152 e. The van der Waals surface area contributed by atoms with E-state index in [4.69, 9.17) is 9.47 Å². The highest BCUT2D eigenvalue weighted by Gasteiger charge is 2.19. The van der Waals surface area contributed by atoms with Crippen LogP contribution in [0, 0.1) is 0 Å². The lowest BCUT2D eigenvalue weighted by molar-refractivity contribution is 0.110. The molecule has 0 bridgehead atoms. The minimum atomic E-state index is -0.773. The van der Waals surface area contributed by atoms with Gasteiger partial charge in [0.1, 0.15) is 18.1 Å². The molecule has 0 aromatic heterocycles. The Morgan fingerprint density at radius 1 is 1.30 bits per heavy atom. The zero-order chi connectivity index (χ0) is 15.0. The summed E-state index contributed by atoms with van der Waals surface area (Å²) in [5.41, 5.74) is -0.0961. The SMILES string of the molecule is C=C(F)/C(=C(F)\C=C(/C)OCCOC)N1CCNCC1. The van der Waals surface area contributed by atoms with Gasteiger partial charge in [-0.3, -0.25) is 0 Å². The Morgan fingerprint density at radius 2 is 1.95 bits per heavy atom. The first-order chi connectivity index (χ1) is 9.56. The van der Waals surface area contributed by atoms with Crippen molar-refractivity contribution in [2.45, 2.75) is 6.92 Å². The van der Waals surface area contributed by atoms with Gasteiger partial charge in [0.05, 0.1) is 12.4 Å². The van der Waals surface area contributed by atoms with Gasteiger partial charge in [0.15, 0.2) is 5.83 Å². The summed E-state index contributed by atoms with van der Waals surface area (Å²) in [5.74, 6) is -1.08. The van der Waals surface area contributed by atoms with Gasteiger partial charge < -0.3 is 19.7 Å². The Hall–Kier alpha value is -1.40. The van der Waals surface area contributed by atoms with Crippen molar-refractivity contribution in [1.82, 2.24) is 10.2 Å². The van der Waals surface area contributed by atoms with E-state index < -0.39 is 11.7 Å². The van der Waals surface area contributed by atoms with Crippen LogP contribution < -0.4 is 5.32 Å². The molecule has 0 aliphatic carbocycles. The summed E-state index contributed by atoms with van der Waals surface area (Å²) in [6.45, 7) is 8.05. The molecule has 1 N–H and O–H groups in total. The molecule has 20 heavy (non-hydrogen) atoms. The molecule has 0 aromatic carbocycles. The van der Waals surface area contributed by atoms with Crippen molar-refractivity contribution in [1.29, 1.82) is 0 Å². The van der Waals surface area contributed by atoms with Gasteiger partial charge in [-0.1, -0.05) is 6.58 Å². The lowest BCUT2D eigenvalue weighted by Crippen LogP contribution is -2.43. The van der Waals surface area contributed by atoms with Crippen LogP contribution in [0.4, 0.5) is 8.78 Å². The van der Waals surface area contributed by atoms with Crippen LogP contribution in [0.3, 0.4) is 0 Å². The number of piperazine rings is 1. The molecule has 114 valence electrons. The molecule has 0 spiro atoms. The summed E-state index contributed by atoms with van der Waals surface area (Å²) in [5, 5.41) is 3.13. The third kappa shape index (κ3) is 5.30. The van der Waals surface area contributed by atoms with Crippen LogP contribution in [0.15, 0.2) is 35.8 Å². The molecule has 0 aromatic rings. The molecule has 0 atom stereocenters. The standard InChI is InChI=1S/C14H22F2N2O2/c1-11(20-9-8-19-3)10-13(16)14(12(2)15)18-6-4-17-5-7-18/h10,17H,2,4-9H2,1,3H3/b11-10+,14-13-. The molecule has 4 nitrogen and oxygen atoms in total. The topological polar surface area (TPSA) is 33.7 Å². The maximum absolute atomic E-state index is 14.2. The molecule has 1 rings (SSSR count). The molecule has 0 unspecified atom stereocenters. The monoisotopic (exact) mass is 288 g/mol. The number of nitrogens with zero attached hydrogens (tertiary/aromatic N) is 1. The fourth-order valence-electron chi connectivity index (χ4n) is 1.92. The van der Waals surface area contributed by atoms with E-state index in [-0.39, 0.29) is 5.70 Å². The third-order valence-corrected chi connectivity index (χ3v) is 2.86. The average Bonchev–Trinajstić information content (AvgIpc) is 2.39. The molecule has 1 aliphatic heterocycles. The number of allylic oxidation sites excluding steroid dienone is 4. The number of hydrogen-bond acceptors (Lipinski definition) is 4. The Morgan fingerprint density at radius 3 is 2.50 bits per heavy atom. The molecular formula is C14H22F2N2O2. The summed E-state index contributed by atoms with van der Waals surface area (Å²) in [6, 6.07) is 0. The summed E-state index contributed by atoms with van der Waals surface area (Å²) < 4.78 is 37.8. The maximum atomic E-state index is 14.2. The number of halogens is 2. The highest BCUT2D eigenvalue weighted by molar-refractivity contribution is 5.31. The number of hydrogen-bond donors (Lipinski definition) is 1. The largest absolute Gasteiger partial charge is 0.496 e. The van der Waals surface area contributed by atoms with Crippen molar-refractivity contribution >= 4 is 0 Å². The minimum Gasteiger partial charge on any atom is -0.496 e. The molecule has 1 aliphatic rings. The molecular weight excluding hydrogens is 266 g/mol. The lowest BCUT2D eigenvalue weighted by atomic mass is 10.2. The first-order valence-electron chi connectivity index (χ1n) is 6.56. The average molecular weight is 288 g/mol. The van der Waals surface area contributed by atoms with E-state index in [2.05, 4.69) is 11.9 Å². The molecule has 1 heterocycles. The first kappa shape index (κ1) is 16.7. The van der Waals surface area contributed by atoms with Gasteiger partial charge in [-0.15, -0.1) is 0 Å².